The number of aryl methyl sites for hydroxylation is 1. The summed E-state index contributed by atoms with van der Waals surface area (Å²) < 4.78 is 0.789. The number of benzene rings is 1. The van der Waals surface area contributed by atoms with E-state index in [2.05, 4.69) is 20.9 Å². The smallest absolute Gasteiger partial charge is 0.0828 e. The Morgan fingerprint density at radius 1 is 1.50 bits per heavy atom. The fourth-order valence-electron chi connectivity index (χ4n) is 0.931. The van der Waals surface area contributed by atoms with Gasteiger partial charge in [0.25, 0.3) is 0 Å². The van der Waals surface area contributed by atoms with E-state index < -0.39 is 0 Å². The van der Waals surface area contributed by atoms with Crippen molar-refractivity contribution in [2.75, 3.05) is 0 Å². The monoisotopic (exact) mass is 245 g/mol. The van der Waals surface area contributed by atoms with E-state index in [1.807, 2.05) is 13.8 Å². The molecule has 62 valence electrons. The van der Waals surface area contributed by atoms with Crippen molar-refractivity contribution in [2.45, 2.75) is 13.8 Å². The lowest BCUT2D eigenvalue weighted by Crippen LogP contribution is -1.82. The SMILES string of the molecule is Cc1cc([N+]#N)c(C)c(Br)c1Cl. The molecule has 0 aliphatic carbocycles. The van der Waals surface area contributed by atoms with Gasteiger partial charge in [0.05, 0.1) is 10.6 Å². The second-order valence-electron chi connectivity index (χ2n) is 2.57. The molecular weight excluding hydrogens is 239 g/mol. The van der Waals surface area contributed by atoms with Crippen molar-refractivity contribution in [2.24, 2.45) is 0 Å². The van der Waals surface area contributed by atoms with E-state index in [4.69, 9.17) is 17.0 Å². The van der Waals surface area contributed by atoms with Crippen LogP contribution < -0.4 is 0 Å². The maximum Gasteiger partial charge on any atom is 0.389 e. The highest BCUT2D eigenvalue weighted by molar-refractivity contribution is 9.10. The second kappa shape index (κ2) is 3.42. The topological polar surface area (TPSA) is 28.1 Å². The lowest BCUT2D eigenvalue weighted by molar-refractivity contribution is 1.35. The predicted octanol–water partition coefficient (Wildman–Crippen LogP) is 4.20. The van der Waals surface area contributed by atoms with Gasteiger partial charge in [0.15, 0.2) is 4.98 Å². The lowest BCUT2D eigenvalue weighted by Gasteiger charge is -2.00. The van der Waals surface area contributed by atoms with Crippen LogP contribution in [0.3, 0.4) is 0 Å². The molecule has 1 aromatic carbocycles. The number of diazo groups is 1. The highest BCUT2D eigenvalue weighted by Crippen LogP contribution is 2.35. The second-order valence-corrected chi connectivity index (χ2v) is 3.74. The van der Waals surface area contributed by atoms with E-state index in [9.17, 15) is 0 Å². The van der Waals surface area contributed by atoms with Crippen molar-refractivity contribution in [3.05, 3.63) is 31.7 Å². The van der Waals surface area contributed by atoms with Crippen molar-refractivity contribution in [1.82, 2.24) is 0 Å². The first kappa shape index (κ1) is 9.50. The van der Waals surface area contributed by atoms with Crippen LogP contribution in [0.15, 0.2) is 10.5 Å². The Hall–Kier alpha value is -0.590. The number of rotatable bonds is 0. The third-order valence-electron chi connectivity index (χ3n) is 1.71. The van der Waals surface area contributed by atoms with E-state index in [1.54, 1.807) is 6.07 Å². The van der Waals surface area contributed by atoms with E-state index in [0.29, 0.717) is 10.7 Å². The average molecular weight is 247 g/mol. The van der Waals surface area contributed by atoms with Crippen LogP contribution in [0.2, 0.25) is 5.02 Å². The summed E-state index contributed by atoms with van der Waals surface area (Å²) in [5.41, 5.74) is 2.28. The van der Waals surface area contributed by atoms with E-state index >= 15 is 0 Å². The van der Waals surface area contributed by atoms with Crippen LogP contribution in [0.25, 0.3) is 4.98 Å². The first-order chi connectivity index (χ1) is 5.57. The highest BCUT2D eigenvalue weighted by Gasteiger charge is 2.17. The Morgan fingerprint density at radius 2 is 2.08 bits per heavy atom. The van der Waals surface area contributed by atoms with Gasteiger partial charge in [-0.25, -0.2) is 0 Å². The Balaban J connectivity index is 3.52. The van der Waals surface area contributed by atoms with Crippen LogP contribution in [0.5, 0.6) is 0 Å². The fourth-order valence-corrected chi connectivity index (χ4v) is 1.64. The van der Waals surface area contributed by atoms with Gasteiger partial charge in [-0.2, -0.15) is 0 Å². The van der Waals surface area contributed by atoms with Gasteiger partial charge in [0.1, 0.15) is 0 Å². The van der Waals surface area contributed by atoms with Gasteiger partial charge in [-0.05, 0) is 35.3 Å². The summed E-state index contributed by atoms with van der Waals surface area (Å²) in [6.07, 6.45) is 0. The van der Waals surface area contributed by atoms with Gasteiger partial charge in [-0.15, -0.1) is 0 Å². The molecule has 0 N–H and O–H groups in total. The fraction of sp³-hybridized carbons (Fsp3) is 0.250. The molecule has 0 atom stereocenters. The molecule has 0 aromatic heterocycles. The molecule has 4 heteroatoms. The Bertz CT molecular complexity index is 368. The molecule has 0 saturated carbocycles. The van der Waals surface area contributed by atoms with E-state index in [0.717, 1.165) is 15.6 Å². The third-order valence-corrected chi connectivity index (χ3v) is 3.42. The van der Waals surface area contributed by atoms with Crippen molar-refractivity contribution in [3.63, 3.8) is 0 Å². The number of nitrogens with zero attached hydrogens (tertiary/aromatic N) is 2. The number of hydrogen-bond donors (Lipinski definition) is 0. The molecule has 0 aliphatic rings. The molecule has 0 amide bonds. The molecule has 0 unspecified atom stereocenters. The molecule has 0 bridgehead atoms. The standard InChI is InChI=1S/C8H7BrClN2/c1-4-3-6(12-11)5(2)7(9)8(4)10/h3H,1-2H3/q+1. The van der Waals surface area contributed by atoms with E-state index in [-0.39, 0.29) is 0 Å². The number of hydrogen-bond acceptors (Lipinski definition) is 1. The van der Waals surface area contributed by atoms with Crippen LogP contribution in [0.4, 0.5) is 5.69 Å². The van der Waals surface area contributed by atoms with Crippen LogP contribution in [0, 0.1) is 19.2 Å². The molecule has 0 radical (unpaired) electrons. The van der Waals surface area contributed by atoms with Gasteiger partial charge in [-0.3, -0.25) is 0 Å². The lowest BCUT2D eigenvalue weighted by atomic mass is 10.1. The van der Waals surface area contributed by atoms with Gasteiger partial charge in [-0.1, -0.05) is 11.6 Å². The van der Waals surface area contributed by atoms with Crippen LogP contribution in [-0.2, 0) is 0 Å². The molecule has 1 aromatic rings. The number of halogens is 2. The summed E-state index contributed by atoms with van der Waals surface area (Å²) in [7, 11) is 0. The molecule has 1 rings (SSSR count). The third kappa shape index (κ3) is 1.45. The molecule has 0 aliphatic heterocycles. The minimum Gasteiger partial charge on any atom is -0.0828 e. The van der Waals surface area contributed by atoms with Crippen molar-refractivity contribution in [3.8, 4) is 0 Å². The van der Waals surface area contributed by atoms with Crippen molar-refractivity contribution < 1.29 is 0 Å². The molecule has 12 heavy (non-hydrogen) atoms. The zero-order valence-electron chi connectivity index (χ0n) is 6.73. The zero-order chi connectivity index (χ0) is 9.30. The average Bonchev–Trinajstić information content (AvgIpc) is 2.08. The predicted molar refractivity (Wildman–Crippen MR) is 53.4 cm³/mol. The summed E-state index contributed by atoms with van der Waals surface area (Å²) in [4.78, 5) is 3.14. The maximum absolute atomic E-state index is 8.62. The van der Waals surface area contributed by atoms with E-state index in [1.165, 1.54) is 0 Å². The summed E-state index contributed by atoms with van der Waals surface area (Å²) in [5, 5.41) is 9.29. The molecule has 0 saturated heterocycles. The largest absolute Gasteiger partial charge is 0.389 e. The maximum atomic E-state index is 8.62. The minimum absolute atomic E-state index is 0.545. The van der Waals surface area contributed by atoms with Gasteiger partial charge in [0, 0.05) is 10.5 Å². The summed E-state index contributed by atoms with van der Waals surface area (Å²) in [5.74, 6) is 0. The molecule has 0 fully saturated rings. The molecular formula is C8H7BrClN2+. The Morgan fingerprint density at radius 3 is 2.58 bits per heavy atom. The summed E-state index contributed by atoms with van der Waals surface area (Å²) in [6.45, 7) is 3.70. The van der Waals surface area contributed by atoms with Gasteiger partial charge in [0.2, 0.25) is 5.39 Å². The van der Waals surface area contributed by atoms with Crippen molar-refractivity contribution in [1.29, 1.82) is 5.39 Å². The van der Waals surface area contributed by atoms with Crippen LogP contribution in [-0.4, -0.2) is 0 Å². The summed E-state index contributed by atoms with van der Waals surface area (Å²) >= 11 is 9.26. The normalized spacial score (nSPS) is 9.58. The molecule has 2 nitrogen and oxygen atoms in total. The van der Waals surface area contributed by atoms with Crippen LogP contribution in [0.1, 0.15) is 11.1 Å². The quantitative estimate of drug-likeness (QED) is 0.630. The highest BCUT2D eigenvalue weighted by atomic mass is 79.9. The van der Waals surface area contributed by atoms with Crippen molar-refractivity contribution >= 4 is 33.2 Å². The molecule has 0 spiro atoms. The first-order valence-electron chi connectivity index (χ1n) is 3.38. The minimum atomic E-state index is 0.545. The van der Waals surface area contributed by atoms with Crippen LogP contribution >= 0.6 is 27.5 Å². The Labute approximate surface area is 84.3 Å². The van der Waals surface area contributed by atoms with Gasteiger partial charge >= 0.3 is 5.69 Å². The Kier molecular flexibility index (Phi) is 2.71. The van der Waals surface area contributed by atoms with Gasteiger partial charge < -0.3 is 0 Å². The zero-order valence-corrected chi connectivity index (χ0v) is 9.07. The summed E-state index contributed by atoms with van der Waals surface area (Å²) in [6, 6.07) is 1.74. The molecule has 0 heterocycles. The first-order valence-corrected chi connectivity index (χ1v) is 4.55.